The first kappa shape index (κ1) is 6.77. The molecule has 0 radical (unpaired) electrons. The van der Waals surface area contributed by atoms with E-state index in [4.69, 9.17) is 0 Å². The normalized spacial score (nSPS) is 16.0. The van der Waals surface area contributed by atoms with Crippen LogP contribution in [0.1, 0.15) is 10.5 Å². The smallest absolute Gasteiger partial charge is 0.276 e. The van der Waals surface area contributed by atoms with Crippen LogP contribution in [0.5, 0.6) is 0 Å². The second-order valence-electron chi connectivity index (χ2n) is 2.25. The van der Waals surface area contributed by atoms with Gasteiger partial charge in [0.2, 0.25) is 5.91 Å². The maximum atomic E-state index is 11.1. The first-order valence-electron chi connectivity index (χ1n) is 3.26. The molecule has 0 saturated heterocycles. The van der Waals surface area contributed by atoms with Gasteiger partial charge in [-0.3, -0.25) is 9.59 Å². The molecule has 1 aliphatic heterocycles. The van der Waals surface area contributed by atoms with E-state index in [2.05, 4.69) is 26.0 Å². The van der Waals surface area contributed by atoms with Gasteiger partial charge in [0.25, 0.3) is 5.91 Å². The molecule has 0 aliphatic carbocycles. The Bertz CT molecular complexity index is 343. The topological polar surface area (TPSA) is 99.8 Å². The molecule has 0 bridgehead atoms. The Hall–Kier alpha value is -1.92. The molecule has 0 saturated carbocycles. The fourth-order valence-corrected chi connectivity index (χ4v) is 0.897. The molecule has 2 rings (SSSR count). The molecule has 0 unspecified atom stereocenters. The number of aromatic nitrogens is 3. The molecule has 0 fully saturated rings. The van der Waals surface area contributed by atoms with Crippen LogP contribution >= 0.6 is 0 Å². The molecule has 12 heavy (non-hydrogen) atoms. The van der Waals surface area contributed by atoms with Gasteiger partial charge in [-0.2, -0.15) is 5.21 Å². The average Bonchev–Trinajstić information content (AvgIpc) is 2.44. The lowest BCUT2D eigenvalue weighted by Crippen LogP contribution is -2.29. The number of rotatable bonds is 0. The van der Waals surface area contributed by atoms with E-state index in [9.17, 15) is 9.59 Å². The van der Waals surface area contributed by atoms with Crippen molar-refractivity contribution in [3.8, 4) is 0 Å². The van der Waals surface area contributed by atoms with Crippen molar-refractivity contribution in [3.05, 3.63) is 5.69 Å². The summed E-state index contributed by atoms with van der Waals surface area (Å²) >= 11 is 0. The van der Waals surface area contributed by atoms with Gasteiger partial charge in [0.05, 0.1) is 6.54 Å². The number of carbonyl (C=O) groups is 2. The number of amides is 2. The second-order valence-corrected chi connectivity index (χ2v) is 2.25. The van der Waals surface area contributed by atoms with Gasteiger partial charge < -0.3 is 10.6 Å². The van der Waals surface area contributed by atoms with E-state index in [0.29, 0.717) is 0 Å². The van der Waals surface area contributed by atoms with Gasteiger partial charge in [-0.1, -0.05) is 0 Å². The Morgan fingerprint density at radius 1 is 1.25 bits per heavy atom. The van der Waals surface area contributed by atoms with E-state index < -0.39 is 5.91 Å². The van der Waals surface area contributed by atoms with Gasteiger partial charge in [0.15, 0.2) is 11.5 Å². The number of carbonyl (C=O) groups excluding carboxylic acids is 2. The predicted molar refractivity (Wildman–Crippen MR) is 37.3 cm³/mol. The van der Waals surface area contributed by atoms with Crippen molar-refractivity contribution in [1.29, 1.82) is 0 Å². The summed E-state index contributed by atoms with van der Waals surface area (Å²) in [5, 5.41) is 14.2. The van der Waals surface area contributed by atoms with E-state index in [0.717, 1.165) is 0 Å². The van der Waals surface area contributed by atoms with Crippen LogP contribution in [-0.2, 0) is 4.79 Å². The second kappa shape index (κ2) is 2.29. The molecule has 2 amide bonds. The molecule has 2 heterocycles. The Labute approximate surface area is 66.5 Å². The monoisotopic (exact) mass is 167 g/mol. The van der Waals surface area contributed by atoms with Gasteiger partial charge in [0.1, 0.15) is 0 Å². The summed E-state index contributed by atoms with van der Waals surface area (Å²) in [6.07, 6.45) is 0. The molecule has 1 aromatic heterocycles. The zero-order chi connectivity index (χ0) is 8.55. The largest absolute Gasteiger partial charge is 0.341 e. The summed E-state index contributed by atoms with van der Waals surface area (Å²) in [4.78, 5) is 22.0. The summed E-state index contributed by atoms with van der Waals surface area (Å²) in [7, 11) is 0. The van der Waals surface area contributed by atoms with Crippen LogP contribution in [0.15, 0.2) is 0 Å². The summed E-state index contributed by atoms with van der Waals surface area (Å²) in [6, 6.07) is 0. The van der Waals surface area contributed by atoms with Crippen molar-refractivity contribution >= 4 is 17.6 Å². The number of hydrogen-bond acceptors (Lipinski definition) is 4. The predicted octanol–water partition coefficient (Wildman–Crippen LogP) is -1.51. The lowest BCUT2D eigenvalue weighted by Gasteiger charge is -1.94. The van der Waals surface area contributed by atoms with E-state index in [-0.39, 0.29) is 24.0 Å². The van der Waals surface area contributed by atoms with Crippen molar-refractivity contribution < 1.29 is 9.59 Å². The lowest BCUT2D eigenvalue weighted by atomic mass is 10.4. The molecular formula is C5H5N5O2. The van der Waals surface area contributed by atoms with Crippen molar-refractivity contribution in [2.24, 2.45) is 0 Å². The van der Waals surface area contributed by atoms with Crippen LogP contribution in [0.3, 0.4) is 0 Å². The third-order valence-corrected chi connectivity index (χ3v) is 1.43. The number of H-pyrrole nitrogens is 1. The minimum Gasteiger partial charge on any atom is -0.341 e. The first-order valence-corrected chi connectivity index (χ1v) is 3.26. The quantitative estimate of drug-likeness (QED) is 0.437. The standard InChI is InChI=1S/C5H5N5O2/c11-2-1-6-5(12)3-4(7-2)9-10-8-3/h1H2,(H,6,12)(H2,7,8,9,10,11). The lowest BCUT2D eigenvalue weighted by molar-refractivity contribution is -0.115. The highest BCUT2D eigenvalue weighted by molar-refractivity contribution is 6.06. The van der Waals surface area contributed by atoms with Crippen LogP contribution in [0.4, 0.5) is 5.82 Å². The van der Waals surface area contributed by atoms with E-state index in [1.807, 2.05) is 0 Å². The zero-order valence-electron chi connectivity index (χ0n) is 5.92. The molecule has 3 N–H and O–H groups in total. The number of nitrogens with zero attached hydrogens (tertiary/aromatic N) is 2. The van der Waals surface area contributed by atoms with Gasteiger partial charge in [0, 0.05) is 0 Å². The third kappa shape index (κ3) is 0.911. The summed E-state index contributed by atoms with van der Waals surface area (Å²) in [5.74, 6) is -0.539. The maximum absolute atomic E-state index is 11.1. The molecule has 7 heteroatoms. The number of fused-ring (bicyclic) bond motifs is 1. The van der Waals surface area contributed by atoms with Crippen LogP contribution < -0.4 is 10.6 Å². The molecule has 0 atom stereocenters. The Morgan fingerprint density at radius 3 is 2.92 bits per heavy atom. The van der Waals surface area contributed by atoms with Gasteiger partial charge in [-0.25, -0.2) is 0 Å². The van der Waals surface area contributed by atoms with Crippen molar-refractivity contribution in [2.45, 2.75) is 0 Å². The Morgan fingerprint density at radius 2 is 2.08 bits per heavy atom. The van der Waals surface area contributed by atoms with Crippen LogP contribution in [0, 0.1) is 0 Å². The average molecular weight is 167 g/mol. The van der Waals surface area contributed by atoms with E-state index in [1.165, 1.54) is 0 Å². The highest BCUT2D eigenvalue weighted by atomic mass is 16.2. The van der Waals surface area contributed by atoms with E-state index >= 15 is 0 Å². The number of aromatic amines is 1. The van der Waals surface area contributed by atoms with Gasteiger partial charge >= 0.3 is 0 Å². The molecular weight excluding hydrogens is 162 g/mol. The Balaban J connectivity index is 2.45. The molecule has 62 valence electrons. The molecule has 1 aliphatic rings. The van der Waals surface area contributed by atoms with Crippen molar-refractivity contribution in [1.82, 2.24) is 20.7 Å². The van der Waals surface area contributed by atoms with Gasteiger partial charge in [-0.05, 0) is 0 Å². The fraction of sp³-hybridized carbons (Fsp3) is 0.200. The zero-order valence-corrected chi connectivity index (χ0v) is 5.92. The van der Waals surface area contributed by atoms with Crippen molar-refractivity contribution in [2.75, 3.05) is 11.9 Å². The SMILES string of the molecule is O=C1CNC(=O)c2n[nH]nc2N1. The van der Waals surface area contributed by atoms with Crippen LogP contribution in [0.2, 0.25) is 0 Å². The molecule has 0 aromatic carbocycles. The summed E-state index contributed by atoms with van der Waals surface area (Å²) in [5.41, 5.74) is 0.112. The molecule has 7 nitrogen and oxygen atoms in total. The van der Waals surface area contributed by atoms with E-state index in [1.54, 1.807) is 0 Å². The van der Waals surface area contributed by atoms with Crippen LogP contribution in [-0.4, -0.2) is 33.8 Å². The number of anilines is 1. The number of hydrogen-bond donors (Lipinski definition) is 3. The van der Waals surface area contributed by atoms with Gasteiger partial charge in [-0.15, -0.1) is 10.2 Å². The highest BCUT2D eigenvalue weighted by Crippen LogP contribution is 2.08. The van der Waals surface area contributed by atoms with Crippen molar-refractivity contribution in [3.63, 3.8) is 0 Å². The minimum atomic E-state index is -0.405. The molecule has 1 aromatic rings. The van der Waals surface area contributed by atoms with Crippen LogP contribution in [0.25, 0.3) is 0 Å². The summed E-state index contributed by atoms with van der Waals surface area (Å²) in [6.45, 7) is -0.0448. The third-order valence-electron chi connectivity index (χ3n) is 1.43. The molecule has 0 spiro atoms. The Kier molecular flexibility index (Phi) is 1.29. The highest BCUT2D eigenvalue weighted by Gasteiger charge is 2.22. The first-order chi connectivity index (χ1) is 5.77. The maximum Gasteiger partial charge on any atom is 0.276 e. The fourth-order valence-electron chi connectivity index (χ4n) is 0.897. The summed E-state index contributed by atoms with van der Waals surface area (Å²) < 4.78 is 0. The minimum absolute atomic E-state index is 0.0448. The number of nitrogens with one attached hydrogen (secondary N) is 3.